The Morgan fingerprint density at radius 2 is 1.70 bits per heavy atom. The van der Waals surface area contributed by atoms with Crippen LogP contribution in [0, 0.1) is 25.5 Å². The number of hydrogen-bond acceptors (Lipinski definition) is 3. The van der Waals surface area contributed by atoms with Gasteiger partial charge in [0.15, 0.2) is 0 Å². The number of aryl methyl sites for hydroxylation is 2. The van der Waals surface area contributed by atoms with E-state index in [-0.39, 0.29) is 6.42 Å². The molecule has 2 rings (SSSR count). The second-order valence-corrected chi connectivity index (χ2v) is 8.20. The van der Waals surface area contributed by atoms with Gasteiger partial charge in [0.05, 0.1) is 11.9 Å². The summed E-state index contributed by atoms with van der Waals surface area (Å²) >= 11 is 0. The molecule has 0 aromatic heterocycles. The number of anilines is 2. The van der Waals surface area contributed by atoms with Gasteiger partial charge in [-0.05, 0) is 55.7 Å². The molecule has 1 unspecified atom stereocenters. The van der Waals surface area contributed by atoms with Gasteiger partial charge in [-0.15, -0.1) is 0 Å². The Balaban J connectivity index is 2.46. The van der Waals surface area contributed by atoms with Crippen LogP contribution in [-0.4, -0.2) is 26.6 Å². The molecule has 1 atom stereocenters. The summed E-state index contributed by atoms with van der Waals surface area (Å²) in [5, 5.41) is 2.18. The highest BCUT2D eigenvalue weighted by atomic mass is 32.2. The topological polar surface area (TPSA) is 66.5 Å². The third-order valence-corrected chi connectivity index (χ3v) is 5.47. The van der Waals surface area contributed by atoms with E-state index >= 15 is 0 Å². The predicted molar refractivity (Wildman–Crippen MR) is 102 cm³/mol. The molecular formula is C19H22F2N2O3S. The molecule has 8 heteroatoms. The lowest BCUT2D eigenvalue weighted by Gasteiger charge is -2.30. The maximum absolute atomic E-state index is 13.8. The molecule has 1 amide bonds. The Labute approximate surface area is 158 Å². The van der Waals surface area contributed by atoms with E-state index < -0.39 is 39.3 Å². The molecule has 2 aromatic rings. The van der Waals surface area contributed by atoms with Gasteiger partial charge in [0.2, 0.25) is 15.9 Å². The van der Waals surface area contributed by atoms with Crippen LogP contribution in [0.1, 0.15) is 24.5 Å². The largest absolute Gasteiger partial charge is 0.319 e. The van der Waals surface area contributed by atoms with Crippen molar-refractivity contribution in [3.05, 3.63) is 59.2 Å². The molecule has 0 saturated carbocycles. The SMILES string of the molecule is CCC(C(=O)Nc1c(F)cccc1F)N(c1ccc(C)c(C)c1)S(C)(=O)=O. The highest BCUT2D eigenvalue weighted by molar-refractivity contribution is 7.92. The third kappa shape index (κ3) is 4.63. The fraction of sp³-hybridized carbons (Fsp3) is 0.316. The van der Waals surface area contributed by atoms with Crippen LogP contribution >= 0.6 is 0 Å². The molecule has 0 bridgehead atoms. The first kappa shape index (κ1) is 20.8. The van der Waals surface area contributed by atoms with E-state index in [2.05, 4.69) is 5.32 Å². The maximum Gasteiger partial charge on any atom is 0.248 e. The highest BCUT2D eigenvalue weighted by Gasteiger charge is 2.32. The molecule has 0 saturated heterocycles. The minimum absolute atomic E-state index is 0.113. The first-order chi connectivity index (χ1) is 12.6. The van der Waals surface area contributed by atoms with E-state index in [9.17, 15) is 22.0 Å². The number of amides is 1. The van der Waals surface area contributed by atoms with Gasteiger partial charge >= 0.3 is 0 Å². The van der Waals surface area contributed by atoms with E-state index in [1.165, 1.54) is 6.07 Å². The lowest BCUT2D eigenvalue weighted by Crippen LogP contribution is -2.47. The van der Waals surface area contributed by atoms with Gasteiger partial charge in [-0.1, -0.05) is 19.1 Å². The molecule has 0 heterocycles. The lowest BCUT2D eigenvalue weighted by atomic mass is 10.1. The number of para-hydroxylation sites is 1. The Kier molecular flexibility index (Phi) is 6.20. The summed E-state index contributed by atoms with van der Waals surface area (Å²) in [6.45, 7) is 5.34. The van der Waals surface area contributed by atoms with E-state index in [0.29, 0.717) is 5.69 Å². The van der Waals surface area contributed by atoms with Crippen LogP contribution in [0.2, 0.25) is 0 Å². The van der Waals surface area contributed by atoms with E-state index in [4.69, 9.17) is 0 Å². The van der Waals surface area contributed by atoms with Gasteiger partial charge in [-0.25, -0.2) is 17.2 Å². The second kappa shape index (κ2) is 8.04. The van der Waals surface area contributed by atoms with Crippen molar-refractivity contribution in [1.29, 1.82) is 0 Å². The zero-order valence-corrected chi connectivity index (χ0v) is 16.4. The van der Waals surface area contributed by atoms with Crippen LogP contribution in [0.15, 0.2) is 36.4 Å². The Bertz CT molecular complexity index is 941. The normalized spacial score (nSPS) is 12.5. The number of nitrogens with zero attached hydrogens (tertiary/aromatic N) is 1. The van der Waals surface area contributed by atoms with Crippen LogP contribution in [-0.2, 0) is 14.8 Å². The lowest BCUT2D eigenvalue weighted by molar-refractivity contribution is -0.117. The molecule has 0 radical (unpaired) electrons. The van der Waals surface area contributed by atoms with Crippen molar-refractivity contribution in [3.8, 4) is 0 Å². The average molecular weight is 396 g/mol. The first-order valence-electron chi connectivity index (χ1n) is 8.37. The van der Waals surface area contributed by atoms with Crippen molar-refractivity contribution in [3.63, 3.8) is 0 Å². The molecule has 0 aliphatic heterocycles. The van der Waals surface area contributed by atoms with Crippen LogP contribution in [0.5, 0.6) is 0 Å². The summed E-state index contributed by atoms with van der Waals surface area (Å²) in [5.41, 5.74) is 1.54. The van der Waals surface area contributed by atoms with Gasteiger partial charge in [0.25, 0.3) is 0 Å². The number of hydrogen-bond donors (Lipinski definition) is 1. The van der Waals surface area contributed by atoms with Crippen molar-refractivity contribution >= 4 is 27.3 Å². The molecule has 5 nitrogen and oxygen atoms in total. The predicted octanol–water partition coefficient (Wildman–Crippen LogP) is 3.76. The van der Waals surface area contributed by atoms with Crippen LogP contribution < -0.4 is 9.62 Å². The van der Waals surface area contributed by atoms with Crippen molar-refractivity contribution in [2.75, 3.05) is 15.9 Å². The summed E-state index contributed by atoms with van der Waals surface area (Å²) in [7, 11) is -3.83. The van der Waals surface area contributed by atoms with Crippen LogP contribution in [0.3, 0.4) is 0 Å². The highest BCUT2D eigenvalue weighted by Crippen LogP contribution is 2.26. The van der Waals surface area contributed by atoms with Crippen molar-refractivity contribution in [2.45, 2.75) is 33.2 Å². The molecule has 27 heavy (non-hydrogen) atoms. The van der Waals surface area contributed by atoms with Gasteiger partial charge in [-0.2, -0.15) is 0 Å². The van der Waals surface area contributed by atoms with Crippen molar-refractivity contribution < 1.29 is 22.0 Å². The third-order valence-electron chi connectivity index (χ3n) is 4.29. The number of rotatable bonds is 6. The molecule has 0 aliphatic carbocycles. The van der Waals surface area contributed by atoms with Gasteiger partial charge in [0.1, 0.15) is 23.4 Å². The van der Waals surface area contributed by atoms with Gasteiger partial charge < -0.3 is 5.32 Å². The number of carbonyl (C=O) groups is 1. The minimum Gasteiger partial charge on any atom is -0.319 e. The molecular weight excluding hydrogens is 374 g/mol. The minimum atomic E-state index is -3.83. The molecule has 2 aromatic carbocycles. The van der Waals surface area contributed by atoms with Crippen LogP contribution in [0.4, 0.5) is 20.2 Å². The standard InChI is InChI=1S/C19H22F2N2O3S/c1-5-17(19(24)22-18-15(20)7-6-8-16(18)21)23(27(4,25)26)14-10-9-12(2)13(3)11-14/h6-11,17H,5H2,1-4H3,(H,22,24). The number of halogens is 2. The smallest absolute Gasteiger partial charge is 0.248 e. The number of nitrogens with one attached hydrogen (secondary N) is 1. The first-order valence-corrected chi connectivity index (χ1v) is 10.2. The quantitative estimate of drug-likeness (QED) is 0.808. The summed E-state index contributed by atoms with van der Waals surface area (Å²) < 4.78 is 53.5. The number of carbonyl (C=O) groups excluding carboxylic acids is 1. The Hall–Kier alpha value is -2.48. The molecule has 1 N–H and O–H groups in total. The van der Waals surface area contributed by atoms with Crippen molar-refractivity contribution in [2.24, 2.45) is 0 Å². The monoisotopic (exact) mass is 396 g/mol. The van der Waals surface area contributed by atoms with Crippen LogP contribution in [0.25, 0.3) is 0 Å². The Morgan fingerprint density at radius 3 is 2.19 bits per heavy atom. The zero-order chi connectivity index (χ0) is 20.4. The number of benzene rings is 2. The fourth-order valence-electron chi connectivity index (χ4n) is 2.75. The summed E-state index contributed by atoms with van der Waals surface area (Å²) in [6.07, 6.45) is 1.10. The number of sulfonamides is 1. The maximum atomic E-state index is 13.8. The fourth-order valence-corrected chi connectivity index (χ4v) is 3.95. The summed E-state index contributed by atoms with van der Waals surface area (Å²) in [4.78, 5) is 12.7. The van der Waals surface area contributed by atoms with Gasteiger partial charge in [-0.3, -0.25) is 9.10 Å². The zero-order valence-electron chi connectivity index (χ0n) is 15.6. The summed E-state index contributed by atoms with van der Waals surface area (Å²) in [6, 6.07) is 7.05. The Morgan fingerprint density at radius 1 is 1.11 bits per heavy atom. The molecule has 0 spiro atoms. The summed E-state index contributed by atoms with van der Waals surface area (Å²) in [5.74, 6) is -2.68. The molecule has 0 fully saturated rings. The average Bonchev–Trinajstić information content (AvgIpc) is 2.57. The second-order valence-electron chi connectivity index (χ2n) is 6.34. The van der Waals surface area contributed by atoms with Crippen molar-refractivity contribution in [1.82, 2.24) is 0 Å². The van der Waals surface area contributed by atoms with E-state index in [0.717, 1.165) is 33.8 Å². The van der Waals surface area contributed by atoms with Gasteiger partial charge in [0, 0.05) is 0 Å². The molecule has 0 aliphatic rings. The van der Waals surface area contributed by atoms with E-state index in [1.54, 1.807) is 25.1 Å². The van der Waals surface area contributed by atoms with E-state index in [1.807, 2.05) is 13.8 Å². The molecule has 146 valence electrons.